The molecule has 0 bridgehead atoms. The number of hydrogen-bond acceptors (Lipinski definition) is 3. The summed E-state index contributed by atoms with van der Waals surface area (Å²) in [6.45, 7) is 3.97. The van der Waals surface area contributed by atoms with Crippen LogP contribution in [0.5, 0.6) is 0 Å². The van der Waals surface area contributed by atoms with Crippen LogP contribution in [0.15, 0.2) is 0 Å². The van der Waals surface area contributed by atoms with E-state index in [1.165, 1.54) is 0 Å². The summed E-state index contributed by atoms with van der Waals surface area (Å²) in [6, 6.07) is 0. The molecule has 11 heavy (non-hydrogen) atoms. The highest BCUT2D eigenvalue weighted by Gasteiger charge is 2.26. The standard InChI is InChI=1S/C7H13NO2S/c9-11-3-1-8(2-4-11)5-7-6-10-7/h7H,1-6H2. The molecular formula is C7H13NO2S. The summed E-state index contributed by atoms with van der Waals surface area (Å²) in [5.74, 6) is 1.71. The second-order valence-corrected chi connectivity index (χ2v) is 4.80. The maximum atomic E-state index is 11.0. The third kappa shape index (κ3) is 2.25. The Morgan fingerprint density at radius 2 is 2.09 bits per heavy atom. The Morgan fingerprint density at radius 3 is 2.64 bits per heavy atom. The molecule has 2 heterocycles. The van der Waals surface area contributed by atoms with Crippen molar-refractivity contribution in [1.29, 1.82) is 0 Å². The Bertz CT molecular complexity index is 160. The molecule has 0 spiro atoms. The van der Waals surface area contributed by atoms with Crippen LogP contribution < -0.4 is 0 Å². The highest BCUT2D eigenvalue weighted by atomic mass is 32.2. The first-order valence-corrected chi connectivity index (χ1v) is 5.52. The van der Waals surface area contributed by atoms with Crippen LogP contribution in [0.1, 0.15) is 0 Å². The Morgan fingerprint density at radius 1 is 1.45 bits per heavy atom. The molecule has 0 radical (unpaired) electrons. The SMILES string of the molecule is O=S1CCN(CC2CO2)CC1. The third-order valence-electron chi connectivity index (χ3n) is 2.13. The average molecular weight is 175 g/mol. The predicted molar refractivity (Wildman–Crippen MR) is 44.1 cm³/mol. The summed E-state index contributed by atoms with van der Waals surface area (Å²) in [5, 5.41) is 0. The fourth-order valence-electron chi connectivity index (χ4n) is 1.32. The van der Waals surface area contributed by atoms with Crippen LogP contribution >= 0.6 is 0 Å². The van der Waals surface area contributed by atoms with Gasteiger partial charge in [0.15, 0.2) is 0 Å². The van der Waals surface area contributed by atoms with Crippen molar-refractivity contribution in [2.75, 3.05) is 37.7 Å². The van der Waals surface area contributed by atoms with Gasteiger partial charge in [0.2, 0.25) is 0 Å². The Labute approximate surface area is 69.2 Å². The second kappa shape index (κ2) is 3.21. The molecular weight excluding hydrogens is 162 g/mol. The van der Waals surface area contributed by atoms with E-state index in [4.69, 9.17) is 4.74 Å². The molecule has 1 unspecified atom stereocenters. The molecule has 0 aromatic heterocycles. The molecule has 1 atom stereocenters. The van der Waals surface area contributed by atoms with Crippen LogP contribution in [0.25, 0.3) is 0 Å². The lowest BCUT2D eigenvalue weighted by Crippen LogP contribution is -2.39. The first-order chi connectivity index (χ1) is 5.34. The molecule has 2 aliphatic rings. The number of rotatable bonds is 2. The minimum absolute atomic E-state index is 0.488. The van der Waals surface area contributed by atoms with Crippen molar-refractivity contribution in [3.8, 4) is 0 Å². The van der Waals surface area contributed by atoms with E-state index in [0.29, 0.717) is 6.10 Å². The van der Waals surface area contributed by atoms with E-state index in [2.05, 4.69) is 4.90 Å². The van der Waals surface area contributed by atoms with Gasteiger partial charge in [-0.25, -0.2) is 0 Å². The molecule has 0 aliphatic carbocycles. The molecule has 2 fully saturated rings. The van der Waals surface area contributed by atoms with Gasteiger partial charge in [-0.3, -0.25) is 9.11 Å². The zero-order valence-corrected chi connectivity index (χ0v) is 7.31. The quantitative estimate of drug-likeness (QED) is 0.528. The molecule has 0 amide bonds. The van der Waals surface area contributed by atoms with Gasteiger partial charge in [-0.15, -0.1) is 0 Å². The van der Waals surface area contributed by atoms with E-state index in [-0.39, 0.29) is 0 Å². The first kappa shape index (κ1) is 7.71. The largest absolute Gasteiger partial charge is 0.372 e. The average Bonchev–Trinajstić information content (AvgIpc) is 2.78. The zero-order chi connectivity index (χ0) is 7.68. The van der Waals surface area contributed by atoms with Crippen molar-refractivity contribution in [3.05, 3.63) is 0 Å². The van der Waals surface area contributed by atoms with Crippen molar-refractivity contribution in [2.45, 2.75) is 6.10 Å². The first-order valence-electron chi connectivity index (χ1n) is 4.03. The van der Waals surface area contributed by atoms with Crippen LogP contribution in [-0.2, 0) is 15.5 Å². The van der Waals surface area contributed by atoms with Gasteiger partial charge in [0.1, 0.15) is 0 Å². The van der Waals surface area contributed by atoms with E-state index in [0.717, 1.165) is 37.7 Å². The van der Waals surface area contributed by atoms with Gasteiger partial charge in [-0.1, -0.05) is 0 Å². The topological polar surface area (TPSA) is 32.8 Å². The van der Waals surface area contributed by atoms with Crippen LogP contribution in [0.4, 0.5) is 0 Å². The summed E-state index contributed by atoms with van der Waals surface area (Å²) in [5.41, 5.74) is 0. The highest BCUT2D eigenvalue weighted by Crippen LogP contribution is 2.12. The summed E-state index contributed by atoms with van der Waals surface area (Å²) >= 11 is 0. The second-order valence-electron chi connectivity index (χ2n) is 3.10. The van der Waals surface area contributed by atoms with Crippen molar-refractivity contribution in [2.24, 2.45) is 0 Å². The van der Waals surface area contributed by atoms with Crippen LogP contribution in [0.3, 0.4) is 0 Å². The molecule has 0 aromatic rings. The molecule has 2 rings (SSSR count). The van der Waals surface area contributed by atoms with Crippen LogP contribution in [-0.4, -0.2) is 53.0 Å². The molecule has 64 valence electrons. The van der Waals surface area contributed by atoms with E-state index in [9.17, 15) is 4.21 Å². The zero-order valence-electron chi connectivity index (χ0n) is 6.49. The van der Waals surface area contributed by atoms with Crippen LogP contribution in [0.2, 0.25) is 0 Å². The normalized spacial score (nSPS) is 34.0. The third-order valence-corrected chi connectivity index (χ3v) is 3.41. The van der Waals surface area contributed by atoms with Crippen molar-refractivity contribution < 1.29 is 8.95 Å². The van der Waals surface area contributed by atoms with Gasteiger partial charge in [0.05, 0.1) is 12.7 Å². The summed E-state index contributed by atoms with van der Waals surface area (Å²) < 4.78 is 16.1. The van der Waals surface area contributed by atoms with Crippen LogP contribution in [0, 0.1) is 0 Å². The van der Waals surface area contributed by atoms with Crippen molar-refractivity contribution in [1.82, 2.24) is 4.90 Å². The molecule has 4 heteroatoms. The Hall–Kier alpha value is 0.0700. The monoisotopic (exact) mass is 175 g/mol. The lowest BCUT2D eigenvalue weighted by atomic mass is 10.4. The van der Waals surface area contributed by atoms with Gasteiger partial charge in [0, 0.05) is 41.9 Å². The number of ether oxygens (including phenoxy) is 1. The minimum atomic E-state index is -0.538. The lowest BCUT2D eigenvalue weighted by molar-refractivity contribution is 0.260. The van der Waals surface area contributed by atoms with Gasteiger partial charge >= 0.3 is 0 Å². The fraction of sp³-hybridized carbons (Fsp3) is 1.00. The highest BCUT2D eigenvalue weighted by molar-refractivity contribution is 7.85. The summed E-state index contributed by atoms with van der Waals surface area (Å²) in [7, 11) is -0.538. The molecule has 0 saturated carbocycles. The van der Waals surface area contributed by atoms with E-state index < -0.39 is 10.8 Å². The maximum Gasteiger partial charge on any atom is 0.0936 e. The minimum Gasteiger partial charge on any atom is -0.372 e. The van der Waals surface area contributed by atoms with Gasteiger partial charge < -0.3 is 4.74 Å². The number of hydrogen-bond donors (Lipinski definition) is 0. The summed E-state index contributed by atoms with van der Waals surface area (Å²) in [6.07, 6.45) is 0.488. The van der Waals surface area contributed by atoms with Gasteiger partial charge in [-0.2, -0.15) is 0 Å². The van der Waals surface area contributed by atoms with Gasteiger partial charge in [0.25, 0.3) is 0 Å². The fourth-order valence-corrected chi connectivity index (χ4v) is 2.45. The molecule has 0 N–H and O–H groups in total. The number of epoxide rings is 1. The van der Waals surface area contributed by atoms with E-state index in [1.54, 1.807) is 0 Å². The van der Waals surface area contributed by atoms with Gasteiger partial charge in [-0.05, 0) is 0 Å². The molecule has 0 aromatic carbocycles. The van der Waals surface area contributed by atoms with Crippen molar-refractivity contribution in [3.63, 3.8) is 0 Å². The summed E-state index contributed by atoms with van der Waals surface area (Å²) in [4.78, 5) is 2.35. The predicted octanol–water partition coefficient (Wildman–Crippen LogP) is -0.550. The van der Waals surface area contributed by atoms with Crippen molar-refractivity contribution >= 4 is 10.8 Å². The Balaban J connectivity index is 1.73. The van der Waals surface area contributed by atoms with E-state index >= 15 is 0 Å². The number of nitrogens with zero attached hydrogens (tertiary/aromatic N) is 1. The Kier molecular flexibility index (Phi) is 2.25. The lowest BCUT2D eigenvalue weighted by Gasteiger charge is -2.24. The molecule has 3 nitrogen and oxygen atoms in total. The molecule has 2 saturated heterocycles. The molecule has 2 aliphatic heterocycles. The smallest absolute Gasteiger partial charge is 0.0936 e. The van der Waals surface area contributed by atoms with E-state index in [1.807, 2.05) is 0 Å². The maximum absolute atomic E-state index is 11.0.